The van der Waals surface area contributed by atoms with Gasteiger partial charge in [0.15, 0.2) is 5.92 Å². The van der Waals surface area contributed by atoms with Gasteiger partial charge in [0.05, 0.1) is 13.2 Å². The van der Waals surface area contributed by atoms with Crippen molar-refractivity contribution in [2.45, 2.75) is 32.1 Å². The molecule has 0 radical (unpaired) electrons. The van der Waals surface area contributed by atoms with Crippen LogP contribution in [0, 0.1) is 5.92 Å². The lowest BCUT2D eigenvalue weighted by Crippen LogP contribution is -2.36. The predicted molar refractivity (Wildman–Crippen MR) is 125 cm³/mol. The molecule has 0 fully saturated rings. The predicted octanol–water partition coefficient (Wildman–Crippen LogP) is 5.54. The zero-order chi connectivity index (χ0) is 22.8. The Morgan fingerprint density at radius 1 is 0.656 bits per heavy atom. The van der Waals surface area contributed by atoms with Crippen molar-refractivity contribution in [2.75, 3.05) is 13.2 Å². The van der Waals surface area contributed by atoms with E-state index in [9.17, 15) is 9.59 Å². The molecule has 0 heterocycles. The normalized spacial score (nSPS) is 12.7. The van der Waals surface area contributed by atoms with Crippen LogP contribution in [0.25, 0.3) is 0 Å². The van der Waals surface area contributed by atoms with Crippen molar-refractivity contribution in [3.63, 3.8) is 0 Å². The van der Waals surface area contributed by atoms with E-state index in [1.807, 2.05) is 66.7 Å². The Kier molecular flexibility index (Phi) is 8.61. The smallest absolute Gasteiger partial charge is 0.320 e. The molecule has 0 amide bonds. The number of esters is 2. The molecule has 0 aromatic heterocycles. The van der Waals surface area contributed by atoms with Gasteiger partial charge in [-0.15, -0.1) is 0 Å². The average Bonchev–Trinajstić information content (AvgIpc) is 2.83. The average molecular weight is 431 g/mol. The Labute approximate surface area is 190 Å². The summed E-state index contributed by atoms with van der Waals surface area (Å²) in [4.78, 5) is 26.3. The number of benzene rings is 3. The minimum absolute atomic E-state index is 0.139. The zero-order valence-corrected chi connectivity index (χ0v) is 18.6. The highest BCUT2D eigenvalue weighted by Gasteiger charge is 2.43. The first-order chi connectivity index (χ1) is 15.7. The van der Waals surface area contributed by atoms with Gasteiger partial charge in [0.1, 0.15) is 0 Å². The fourth-order valence-electron chi connectivity index (χ4n) is 4.21. The van der Waals surface area contributed by atoms with Crippen LogP contribution in [0.2, 0.25) is 0 Å². The number of carbonyl (C=O) groups excluding carboxylic acids is 2. The summed E-state index contributed by atoms with van der Waals surface area (Å²) in [6, 6.07) is 29.9. The summed E-state index contributed by atoms with van der Waals surface area (Å²) in [6.07, 6.45) is 0.666. The van der Waals surface area contributed by atoms with E-state index >= 15 is 0 Å². The lowest BCUT2D eigenvalue weighted by Gasteiger charge is -2.32. The minimum Gasteiger partial charge on any atom is -0.465 e. The maximum Gasteiger partial charge on any atom is 0.320 e. The van der Waals surface area contributed by atoms with Gasteiger partial charge in [-0.25, -0.2) is 0 Å². The van der Waals surface area contributed by atoms with Gasteiger partial charge >= 0.3 is 11.9 Å². The number of hydrogen-bond acceptors (Lipinski definition) is 4. The largest absolute Gasteiger partial charge is 0.465 e. The summed E-state index contributed by atoms with van der Waals surface area (Å²) in [5.41, 5.74) is 3.10. The molecule has 0 saturated carbocycles. The Morgan fingerprint density at radius 3 is 1.56 bits per heavy atom. The quantitative estimate of drug-likeness (QED) is 0.313. The zero-order valence-electron chi connectivity index (χ0n) is 18.6. The summed E-state index contributed by atoms with van der Waals surface area (Å²) >= 11 is 0. The topological polar surface area (TPSA) is 52.6 Å². The molecule has 2 atom stereocenters. The second-order valence-electron chi connectivity index (χ2n) is 7.63. The van der Waals surface area contributed by atoms with Gasteiger partial charge in [-0.1, -0.05) is 91.0 Å². The number of carbonyl (C=O) groups is 2. The number of ether oxygens (including phenoxy) is 2. The second kappa shape index (κ2) is 11.8. The molecule has 3 rings (SSSR count). The molecule has 2 unspecified atom stereocenters. The van der Waals surface area contributed by atoms with Crippen molar-refractivity contribution in [3.05, 3.63) is 108 Å². The highest BCUT2D eigenvalue weighted by atomic mass is 16.6. The fourth-order valence-corrected chi connectivity index (χ4v) is 4.21. The van der Waals surface area contributed by atoms with Gasteiger partial charge in [0.25, 0.3) is 0 Å². The van der Waals surface area contributed by atoms with Crippen molar-refractivity contribution in [3.8, 4) is 0 Å². The summed E-state index contributed by atoms with van der Waals surface area (Å²) in [7, 11) is 0. The van der Waals surface area contributed by atoms with Crippen LogP contribution in [0.15, 0.2) is 91.0 Å². The van der Waals surface area contributed by atoms with Crippen LogP contribution in [0.5, 0.6) is 0 Å². The van der Waals surface area contributed by atoms with E-state index in [1.165, 1.54) is 0 Å². The lowest BCUT2D eigenvalue weighted by molar-refractivity contribution is -0.163. The maximum atomic E-state index is 13.1. The van der Waals surface area contributed by atoms with E-state index in [-0.39, 0.29) is 19.1 Å². The van der Waals surface area contributed by atoms with Crippen LogP contribution in [-0.4, -0.2) is 25.2 Å². The van der Waals surface area contributed by atoms with Gasteiger partial charge < -0.3 is 9.47 Å². The lowest BCUT2D eigenvalue weighted by atomic mass is 9.71. The maximum absolute atomic E-state index is 13.1. The van der Waals surface area contributed by atoms with Crippen LogP contribution < -0.4 is 0 Å². The van der Waals surface area contributed by atoms with E-state index in [1.54, 1.807) is 13.8 Å². The molecule has 0 bridgehead atoms. The first kappa shape index (κ1) is 23.3. The standard InChI is InChI=1S/C28H30O4/c1-3-31-27(29)26(28(30)32-4-2)25(23-18-12-7-13-19-23)24(22-16-10-6-11-17-22)20-21-14-8-5-9-15-21/h5-19,24-26H,3-4,20H2,1-2H3. The van der Waals surface area contributed by atoms with Crippen molar-refractivity contribution < 1.29 is 19.1 Å². The summed E-state index contributed by atoms with van der Waals surface area (Å²) in [6.45, 7) is 3.89. The van der Waals surface area contributed by atoms with E-state index in [2.05, 4.69) is 24.3 Å². The van der Waals surface area contributed by atoms with Gasteiger partial charge in [-0.05, 0) is 42.9 Å². The third-order valence-corrected chi connectivity index (χ3v) is 5.58. The molecule has 0 N–H and O–H groups in total. The van der Waals surface area contributed by atoms with Crippen molar-refractivity contribution >= 4 is 11.9 Å². The summed E-state index contributed by atoms with van der Waals surface area (Å²) in [5.74, 6) is -2.74. The van der Waals surface area contributed by atoms with E-state index in [0.717, 1.165) is 16.7 Å². The first-order valence-electron chi connectivity index (χ1n) is 11.1. The van der Waals surface area contributed by atoms with E-state index < -0.39 is 23.8 Å². The summed E-state index contributed by atoms with van der Waals surface area (Å²) in [5, 5.41) is 0. The van der Waals surface area contributed by atoms with Gasteiger partial charge in [-0.2, -0.15) is 0 Å². The molecular formula is C28H30O4. The van der Waals surface area contributed by atoms with Gasteiger partial charge in [-0.3, -0.25) is 9.59 Å². The molecule has 4 nitrogen and oxygen atoms in total. The minimum atomic E-state index is -1.06. The monoisotopic (exact) mass is 430 g/mol. The van der Waals surface area contributed by atoms with Crippen LogP contribution in [0.3, 0.4) is 0 Å². The molecule has 0 aliphatic carbocycles. The van der Waals surface area contributed by atoms with Gasteiger partial charge in [0, 0.05) is 5.92 Å². The van der Waals surface area contributed by atoms with E-state index in [0.29, 0.717) is 6.42 Å². The van der Waals surface area contributed by atoms with Crippen molar-refractivity contribution in [2.24, 2.45) is 5.92 Å². The third kappa shape index (κ3) is 5.85. The molecule has 0 spiro atoms. The molecule has 0 aliphatic heterocycles. The Balaban J connectivity index is 2.17. The Hall–Kier alpha value is -3.40. The second-order valence-corrected chi connectivity index (χ2v) is 7.63. The van der Waals surface area contributed by atoms with Crippen molar-refractivity contribution in [1.82, 2.24) is 0 Å². The Morgan fingerprint density at radius 2 is 1.09 bits per heavy atom. The molecular weight excluding hydrogens is 400 g/mol. The van der Waals surface area contributed by atoms with Crippen LogP contribution in [0.1, 0.15) is 42.4 Å². The highest BCUT2D eigenvalue weighted by molar-refractivity contribution is 5.96. The van der Waals surface area contributed by atoms with Crippen LogP contribution in [0.4, 0.5) is 0 Å². The van der Waals surface area contributed by atoms with Crippen molar-refractivity contribution in [1.29, 1.82) is 0 Å². The summed E-state index contributed by atoms with van der Waals surface area (Å²) < 4.78 is 10.7. The molecule has 166 valence electrons. The molecule has 3 aromatic carbocycles. The van der Waals surface area contributed by atoms with Crippen LogP contribution in [-0.2, 0) is 25.5 Å². The van der Waals surface area contributed by atoms with E-state index in [4.69, 9.17) is 9.47 Å². The SMILES string of the molecule is CCOC(=O)C(C(=O)OCC)C(c1ccccc1)C(Cc1ccccc1)c1ccccc1. The first-order valence-corrected chi connectivity index (χ1v) is 11.1. The highest BCUT2D eigenvalue weighted by Crippen LogP contribution is 2.42. The molecule has 0 saturated heterocycles. The van der Waals surface area contributed by atoms with Gasteiger partial charge in [0.2, 0.25) is 0 Å². The third-order valence-electron chi connectivity index (χ3n) is 5.58. The Bertz CT molecular complexity index is 952. The van der Waals surface area contributed by atoms with Crippen LogP contribution >= 0.6 is 0 Å². The molecule has 4 heteroatoms. The molecule has 3 aromatic rings. The molecule has 0 aliphatic rings. The molecule has 32 heavy (non-hydrogen) atoms. The number of rotatable bonds is 10. The number of hydrogen-bond donors (Lipinski definition) is 0. The fraction of sp³-hybridized carbons (Fsp3) is 0.286.